The van der Waals surface area contributed by atoms with E-state index >= 15 is 8.78 Å². The highest BCUT2D eigenvalue weighted by Crippen LogP contribution is 2.54. The molecule has 0 radical (unpaired) electrons. The summed E-state index contributed by atoms with van der Waals surface area (Å²) in [5.41, 5.74) is 4.68. The summed E-state index contributed by atoms with van der Waals surface area (Å²) < 4.78 is 43.1. The van der Waals surface area contributed by atoms with Crippen LogP contribution in [-0.2, 0) is 25.0 Å². The number of rotatable bonds is 11. The number of H-pyrrole nitrogens is 2. The van der Waals surface area contributed by atoms with Gasteiger partial charge in [0, 0.05) is 29.3 Å². The molecule has 4 fully saturated rings. The van der Waals surface area contributed by atoms with Crippen LogP contribution in [-0.4, -0.2) is 92.6 Å². The first kappa shape index (κ1) is 43.6. The number of ether oxygens (including phenoxy) is 2. The molecule has 2 saturated heterocycles. The third-order valence-corrected chi connectivity index (χ3v) is 14.9. The van der Waals surface area contributed by atoms with E-state index in [0.717, 1.165) is 49.6 Å². The smallest absolute Gasteiger partial charge is 0.407 e. The molecular formula is C50H56F2N8O6. The Morgan fingerprint density at radius 2 is 1.33 bits per heavy atom. The number of methoxy groups -OCH3 is 2. The van der Waals surface area contributed by atoms with Crippen molar-refractivity contribution in [3.05, 3.63) is 83.6 Å². The highest BCUT2D eigenvalue weighted by molar-refractivity contribution is 5.89. The molecule has 5 aliphatic rings. The number of aromatic nitrogens is 4. The number of nitrogens with one attached hydrogen (secondary N) is 4. The fourth-order valence-corrected chi connectivity index (χ4v) is 11.2. The topological polar surface area (TPSA) is 175 Å². The third kappa shape index (κ3) is 7.45. The van der Waals surface area contributed by atoms with Gasteiger partial charge < -0.3 is 39.9 Å². The van der Waals surface area contributed by atoms with E-state index in [1.165, 1.54) is 20.3 Å². The number of likely N-dealkylation sites (tertiary alicyclic amines) is 2. The lowest BCUT2D eigenvalue weighted by Gasteiger charge is -2.37. The van der Waals surface area contributed by atoms with Crippen molar-refractivity contribution in [2.24, 2.45) is 29.6 Å². The largest absolute Gasteiger partial charge is 0.453 e. The number of alkyl carbamates (subject to hydrolysis) is 2. The minimum atomic E-state index is -3.29. The Balaban J connectivity index is 0.896. The lowest BCUT2D eigenvalue weighted by Crippen LogP contribution is -2.54. The van der Waals surface area contributed by atoms with Crippen molar-refractivity contribution in [3.63, 3.8) is 0 Å². The monoisotopic (exact) mass is 902 g/mol. The second-order valence-electron chi connectivity index (χ2n) is 19.6. The Morgan fingerprint density at radius 1 is 0.727 bits per heavy atom. The number of halogens is 2. The van der Waals surface area contributed by atoms with Gasteiger partial charge in [0.15, 0.2) is 0 Å². The number of piperidine rings is 1. The summed E-state index contributed by atoms with van der Waals surface area (Å²) >= 11 is 0. The second kappa shape index (κ2) is 16.5. The first-order valence-corrected chi connectivity index (χ1v) is 23.2. The lowest BCUT2D eigenvalue weighted by atomic mass is 9.95. The molecule has 3 aromatic carbocycles. The summed E-state index contributed by atoms with van der Waals surface area (Å²) in [6.45, 7) is 8.10. The Kier molecular flexibility index (Phi) is 10.9. The van der Waals surface area contributed by atoms with Gasteiger partial charge in [0.25, 0.3) is 5.92 Å². The fraction of sp³-hybridized carbons (Fsp3) is 0.480. The lowest BCUT2D eigenvalue weighted by molar-refractivity contribution is -0.139. The normalized spacial score (nSPS) is 23.6. The summed E-state index contributed by atoms with van der Waals surface area (Å²) in [7, 11) is 2.55. The molecule has 4 amide bonds. The van der Waals surface area contributed by atoms with Crippen molar-refractivity contribution in [1.82, 2.24) is 40.4 Å². The van der Waals surface area contributed by atoms with Crippen molar-refractivity contribution >= 4 is 35.0 Å². The molecule has 66 heavy (non-hydrogen) atoms. The number of hydrogen-bond donors (Lipinski definition) is 4. The number of carbonyl (C=O) groups excluding carboxylic acids is 4. The van der Waals surface area contributed by atoms with E-state index in [2.05, 4.69) is 20.6 Å². The van der Waals surface area contributed by atoms with E-state index in [1.54, 1.807) is 24.4 Å². The highest BCUT2D eigenvalue weighted by atomic mass is 19.3. The van der Waals surface area contributed by atoms with Crippen LogP contribution in [0.15, 0.2) is 60.8 Å². The molecule has 3 aliphatic carbocycles. The molecule has 16 heteroatoms. The van der Waals surface area contributed by atoms with E-state index in [1.807, 2.05) is 67.8 Å². The Hall–Kier alpha value is -6.32. The van der Waals surface area contributed by atoms with E-state index in [-0.39, 0.29) is 58.8 Å². The van der Waals surface area contributed by atoms with Gasteiger partial charge in [-0.15, -0.1) is 0 Å². The van der Waals surface area contributed by atoms with Gasteiger partial charge in [-0.1, -0.05) is 58.0 Å². The number of amides is 4. The first-order valence-electron chi connectivity index (χ1n) is 23.2. The molecule has 2 aromatic heterocycles. The maximum atomic E-state index is 16.7. The molecule has 10 rings (SSSR count). The summed E-state index contributed by atoms with van der Waals surface area (Å²) in [5, 5.41) is 5.45. The summed E-state index contributed by atoms with van der Waals surface area (Å²) in [5.74, 6) is -1.68. The SMILES string of the molecule is COC(=O)NC(C(=O)N1CC(C2CC2)C[C@H]1c1ncc(-c2ccc3c(c2)C(F)(F)c2cc(-c4ccc5nc([C@@H]6[C@H]7CC[C@H](C7)N6C(=O)[C@@H](NC(=O)OC)C(C)C)[nH]c5c4)ccc2-3)[nH]1)C(C)C. The van der Waals surface area contributed by atoms with Crippen LogP contribution in [0, 0.1) is 29.6 Å². The number of imidazole rings is 2. The van der Waals surface area contributed by atoms with Gasteiger partial charge in [0.1, 0.15) is 23.7 Å². The standard InChI is InChI=1S/C50H56F2N8O6/c1-24(2)41(57-48(63)65-5)46(61)59-23-31(26-7-8-26)21-40(59)44-53-22-39(56-44)29-11-15-34-33-14-10-27(18-35(33)50(51,52)36(34)19-29)28-12-16-37-38(20-28)55-45(54-37)43-30-9-13-32(17-30)60(43)47(62)42(25(3)4)58-49(64)66-6/h10-12,14-16,18-20,22,24-26,30-32,40-43H,7-9,13,17,21,23H2,1-6H3,(H,53,56)(H,54,55)(H,57,63)(H,58,64)/t30-,31?,32+,40-,41?,42-,43-/m0/s1. The maximum Gasteiger partial charge on any atom is 0.407 e. The molecule has 2 bridgehead atoms. The van der Waals surface area contributed by atoms with Crippen LogP contribution in [0.2, 0.25) is 0 Å². The molecule has 2 unspecified atom stereocenters. The number of nitrogens with zero attached hydrogens (tertiary/aromatic N) is 4. The van der Waals surface area contributed by atoms with E-state index in [4.69, 9.17) is 19.4 Å². The molecule has 7 atom stereocenters. The molecule has 4 N–H and O–H groups in total. The van der Waals surface area contributed by atoms with Gasteiger partial charge in [-0.25, -0.2) is 19.6 Å². The summed E-state index contributed by atoms with van der Waals surface area (Å²) in [6, 6.07) is 13.8. The summed E-state index contributed by atoms with van der Waals surface area (Å²) in [4.78, 5) is 72.8. The number of hydrogen-bond acceptors (Lipinski definition) is 8. The molecule has 346 valence electrons. The predicted octanol–water partition coefficient (Wildman–Crippen LogP) is 8.85. The number of aromatic amines is 2. The molecule has 2 saturated carbocycles. The van der Waals surface area contributed by atoms with Gasteiger partial charge in [0.05, 0.1) is 49.2 Å². The van der Waals surface area contributed by atoms with Crippen LogP contribution >= 0.6 is 0 Å². The first-order chi connectivity index (χ1) is 31.6. The number of benzene rings is 3. The van der Waals surface area contributed by atoms with Crippen molar-refractivity contribution < 1.29 is 37.4 Å². The predicted molar refractivity (Wildman–Crippen MR) is 242 cm³/mol. The van der Waals surface area contributed by atoms with Gasteiger partial charge in [-0.3, -0.25) is 9.59 Å². The second-order valence-corrected chi connectivity index (χ2v) is 19.6. The van der Waals surface area contributed by atoms with Crippen LogP contribution in [0.25, 0.3) is 44.5 Å². The number of alkyl halides is 2. The average Bonchev–Trinajstić information content (AvgIpc) is 3.87. The Morgan fingerprint density at radius 3 is 1.98 bits per heavy atom. The van der Waals surface area contributed by atoms with E-state index in [0.29, 0.717) is 63.5 Å². The van der Waals surface area contributed by atoms with E-state index in [9.17, 15) is 19.2 Å². The van der Waals surface area contributed by atoms with Crippen LogP contribution in [0.5, 0.6) is 0 Å². The van der Waals surface area contributed by atoms with Crippen LogP contribution < -0.4 is 10.6 Å². The van der Waals surface area contributed by atoms with Gasteiger partial charge in [0.2, 0.25) is 11.8 Å². The van der Waals surface area contributed by atoms with Gasteiger partial charge in [-0.2, -0.15) is 8.78 Å². The molecule has 14 nitrogen and oxygen atoms in total. The molecule has 0 spiro atoms. The number of fused-ring (bicyclic) bond motifs is 6. The van der Waals surface area contributed by atoms with Gasteiger partial charge in [-0.05, 0) is 115 Å². The van der Waals surface area contributed by atoms with Gasteiger partial charge >= 0.3 is 12.2 Å². The van der Waals surface area contributed by atoms with Crippen LogP contribution in [0.3, 0.4) is 0 Å². The van der Waals surface area contributed by atoms with Crippen LogP contribution in [0.4, 0.5) is 18.4 Å². The quantitative estimate of drug-likeness (QED) is 0.102. The summed E-state index contributed by atoms with van der Waals surface area (Å²) in [6.07, 6.45) is 5.99. The molecule has 5 aromatic rings. The zero-order chi connectivity index (χ0) is 46.3. The fourth-order valence-electron chi connectivity index (χ4n) is 11.2. The average molecular weight is 903 g/mol. The zero-order valence-electron chi connectivity index (χ0n) is 38.0. The minimum absolute atomic E-state index is 0.0453. The van der Waals surface area contributed by atoms with Crippen molar-refractivity contribution in [3.8, 4) is 33.5 Å². The maximum absolute atomic E-state index is 16.7. The zero-order valence-corrected chi connectivity index (χ0v) is 38.0. The molecule has 4 heterocycles. The van der Waals surface area contributed by atoms with Crippen molar-refractivity contribution in [1.29, 1.82) is 0 Å². The molecular weight excluding hydrogens is 847 g/mol. The Bertz CT molecular complexity index is 2740. The minimum Gasteiger partial charge on any atom is -0.453 e. The van der Waals surface area contributed by atoms with E-state index < -0.39 is 30.2 Å². The number of carbonyl (C=O) groups is 4. The van der Waals surface area contributed by atoms with Crippen molar-refractivity contribution in [2.45, 2.75) is 102 Å². The molecule has 2 aliphatic heterocycles. The van der Waals surface area contributed by atoms with Crippen LogP contribution in [0.1, 0.15) is 101 Å². The van der Waals surface area contributed by atoms with Crippen molar-refractivity contribution in [2.75, 3.05) is 20.8 Å². The highest BCUT2D eigenvalue weighted by Gasteiger charge is 2.52. The third-order valence-electron chi connectivity index (χ3n) is 14.9. The Labute approximate surface area is 381 Å².